The van der Waals surface area contributed by atoms with E-state index in [0.717, 1.165) is 56.4 Å². The maximum absolute atomic E-state index is 13.6. The first-order chi connectivity index (χ1) is 22.4. The highest BCUT2D eigenvalue weighted by atomic mass is 16.5. The molecule has 3 N–H and O–H groups in total. The lowest BCUT2D eigenvalue weighted by Gasteiger charge is -2.30. The van der Waals surface area contributed by atoms with Gasteiger partial charge in [-0.1, -0.05) is 54.6 Å². The van der Waals surface area contributed by atoms with E-state index in [2.05, 4.69) is 34.1 Å². The van der Waals surface area contributed by atoms with Crippen LogP contribution in [-0.2, 0) is 41.6 Å². The summed E-state index contributed by atoms with van der Waals surface area (Å²) in [6, 6.07) is 16.3. The van der Waals surface area contributed by atoms with Crippen LogP contribution in [0.25, 0.3) is 0 Å². The van der Waals surface area contributed by atoms with Gasteiger partial charge < -0.3 is 35.1 Å². The molecule has 46 heavy (non-hydrogen) atoms. The van der Waals surface area contributed by atoms with E-state index < -0.39 is 18.1 Å². The minimum Gasteiger partial charge on any atom is -0.381 e. The van der Waals surface area contributed by atoms with Gasteiger partial charge in [0.15, 0.2) is 0 Å². The molecule has 3 amide bonds. The van der Waals surface area contributed by atoms with Crippen molar-refractivity contribution in [3.63, 3.8) is 0 Å². The maximum Gasteiger partial charge on any atom is 0.245 e. The Labute approximate surface area is 273 Å². The summed E-state index contributed by atoms with van der Waals surface area (Å²) in [5, 5.41) is 8.86. The number of carbonyl (C=O) groups is 3. The molecule has 1 fully saturated rings. The van der Waals surface area contributed by atoms with Gasteiger partial charge in [-0.25, -0.2) is 0 Å². The number of hydrogen-bond donors (Lipinski definition) is 3. The first-order valence-corrected chi connectivity index (χ1v) is 16.9. The Bertz CT molecular complexity index is 1240. The molecule has 2 aliphatic rings. The van der Waals surface area contributed by atoms with Crippen molar-refractivity contribution in [3.05, 3.63) is 71.3 Å². The number of hydrogen-bond acceptors (Lipinski definition) is 7. The third-order valence-corrected chi connectivity index (χ3v) is 8.83. The van der Waals surface area contributed by atoms with E-state index >= 15 is 0 Å². The average molecular weight is 637 g/mol. The number of benzene rings is 2. The second-order valence-corrected chi connectivity index (χ2v) is 12.3. The van der Waals surface area contributed by atoms with Crippen molar-refractivity contribution in [2.75, 3.05) is 40.0 Å². The fourth-order valence-corrected chi connectivity index (χ4v) is 6.06. The molecule has 1 saturated heterocycles. The molecule has 252 valence electrons. The van der Waals surface area contributed by atoms with Crippen LogP contribution in [0.4, 0.5) is 0 Å². The van der Waals surface area contributed by atoms with E-state index in [1.807, 2.05) is 36.4 Å². The Morgan fingerprint density at radius 2 is 1.59 bits per heavy atom. The first kappa shape index (κ1) is 35.5. The van der Waals surface area contributed by atoms with E-state index in [4.69, 9.17) is 14.2 Å². The third-order valence-electron chi connectivity index (χ3n) is 8.83. The summed E-state index contributed by atoms with van der Waals surface area (Å²) in [4.78, 5) is 40.8. The minimum absolute atomic E-state index is 0.183. The molecule has 10 nitrogen and oxygen atoms in total. The number of rotatable bonds is 19. The number of fused-ring (bicyclic) bond motifs is 1. The van der Waals surface area contributed by atoms with Gasteiger partial charge in [0.1, 0.15) is 12.1 Å². The Balaban J connectivity index is 1.16. The number of likely N-dealkylation sites (N-methyl/N-ethyl adjacent to an activating group) is 1. The van der Waals surface area contributed by atoms with Gasteiger partial charge in [0.25, 0.3) is 0 Å². The smallest absolute Gasteiger partial charge is 0.245 e. The monoisotopic (exact) mass is 636 g/mol. The van der Waals surface area contributed by atoms with Crippen LogP contribution in [0.3, 0.4) is 0 Å². The van der Waals surface area contributed by atoms with Crippen molar-refractivity contribution in [1.82, 2.24) is 20.9 Å². The maximum atomic E-state index is 13.6. The van der Waals surface area contributed by atoms with Gasteiger partial charge in [0, 0.05) is 39.4 Å². The van der Waals surface area contributed by atoms with Crippen LogP contribution in [0.2, 0.25) is 0 Å². The molecule has 4 rings (SSSR count). The molecule has 1 heterocycles. The molecule has 5 atom stereocenters. The Kier molecular flexibility index (Phi) is 14.5. The van der Waals surface area contributed by atoms with Gasteiger partial charge in [-0.3, -0.25) is 14.4 Å². The number of unbranched alkanes of at least 4 members (excludes halogenated alkanes) is 2. The van der Waals surface area contributed by atoms with Gasteiger partial charge in [-0.2, -0.15) is 0 Å². The Morgan fingerprint density at radius 1 is 0.870 bits per heavy atom. The highest BCUT2D eigenvalue weighted by Gasteiger charge is 2.40. The van der Waals surface area contributed by atoms with Crippen molar-refractivity contribution in [2.24, 2.45) is 0 Å². The molecular weight excluding hydrogens is 584 g/mol. The largest absolute Gasteiger partial charge is 0.381 e. The first-order valence-electron chi connectivity index (χ1n) is 16.9. The van der Waals surface area contributed by atoms with Crippen LogP contribution < -0.4 is 16.0 Å². The second-order valence-electron chi connectivity index (χ2n) is 12.3. The van der Waals surface area contributed by atoms with Crippen molar-refractivity contribution in [1.29, 1.82) is 0 Å². The van der Waals surface area contributed by atoms with Gasteiger partial charge in [-0.05, 0) is 76.1 Å². The molecule has 0 bridgehead atoms. The zero-order chi connectivity index (χ0) is 32.7. The SMILES string of the molecule is CN[C@@H](C)C(=O)NC(C)C(=O)N1CCC[C@H]1C(=O)N[C@H]1c2ccccc2C[C@H]1OCCCOCCCCCOCc1ccccc1. The summed E-state index contributed by atoms with van der Waals surface area (Å²) in [5.74, 6) is -0.681. The predicted octanol–water partition coefficient (Wildman–Crippen LogP) is 3.68. The summed E-state index contributed by atoms with van der Waals surface area (Å²) >= 11 is 0. The predicted molar refractivity (Wildman–Crippen MR) is 177 cm³/mol. The van der Waals surface area contributed by atoms with E-state index in [0.29, 0.717) is 39.2 Å². The lowest BCUT2D eigenvalue weighted by Crippen LogP contribution is -2.55. The highest BCUT2D eigenvalue weighted by molar-refractivity contribution is 5.93. The van der Waals surface area contributed by atoms with E-state index in [-0.39, 0.29) is 29.9 Å². The normalized spacial score (nSPS) is 20.2. The summed E-state index contributed by atoms with van der Waals surface area (Å²) in [6.07, 6.45) is 5.71. The van der Waals surface area contributed by atoms with E-state index in [1.165, 1.54) is 5.56 Å². The number of nitrogens with zero attached hydrogens (tertiary/aromatic N) is 1. The summed E-state index contributed by atoms with van der Waals surface area (Å²) in [5.41, 5.74) is 3.42. The zero-order valence-corrected chi connectivity index (χ0v) is 27.7. The molecule has 0 spiro atoms. The summed E-state index contributed by atoms with van der Waals surface area (Å²) < 4.78 is 17.9. The standard InChI is InChI=1S/C36H52N4O6/c1-26(37-3)34(41)38-27(2)36(43)40-19-12-18-31(40)35(42)39-33-30-17-9-8-16-29(30)24-32(33)46-23-13-22-44-20-10-5-11-21-45-25-28-14-6-4-7-15-28/h4,6-9,14-17,26-27,31-33,37H,5,10-13,18-25H2,1-3H3,(H,38,41)(H,39,42)/t26-,27?,31-,32+,33-/m0/s1. The Hall–Kier alpha value is -3.31. The van der Waals surface area contributed by atoms with Crippen molar-refractivity contribution < 1.29 is 28.6 Å². The quantitative estimate of drug-likeness (QED) is 0.202. The average Bonchev–Trinajstić information content (AvgIpc) is 3.70. The van der Waals surface area contributed by atoms with E-state index in [9.17, 15) is 14.4 Å². The van der Waals surface area contributed by atoms with Crippen LogP contribution in [0, 0.1) is 0 Å². The van der Waals surface area contributed by atoms with Gasteiger partial charge in [0.05, 0.1) is 24.8 Å². The van der Waals surface area contributed by atoms with E-state index in [1.54, 1.807) is 25.8 Å². The molecule has 2 aromatic carbocycles. The van der Waals surface area contributed by atoms with Crippen molar-refractivity contribution in [2.45, 2.75) is 95.7 Å². The second kappa shape index (κ2) is 18.7. The zero-order valence-electron chi connectivity index (χ0n) is 27.7. The van der Waals surface area contributed by atoms with Crippen molar-refractivity contribution in [3.8, 4) is 0 Å². The fraction of sp³-hybridized carbons (Fsp3) is 0.583. The number of nitrogens with one attached hydrogen (secondary N) is 3. The van der Waals surface area contributed by atoms with Crippen LogP contribution in [-0.4, -0.2) is 86.9 Å². The van der Waals surface area contributed by atoms with Crippen LogP contribution >= 0.6 is 0 Å². The van der Waals surface area contributed by atoms with Gasteiger partial charge >= 0.3 is 0 Å². The summed E-state index contributed by atoms with van der Waals surface area (Å²) in [6.45, 7) is 7.19. The molecule has 0 aromatic heterocycles. The van der Waals surface area contributed by atoms with Gasteiger partial charge in [0.2, 0.25) is 17.7 Å². The molecular formula is C36H52N4O6. The van der Waals surface area contributed by atoms with Gasteiger partial charge in [-0.15, -0.1) is 0 Å². The lowest BCUT2D eigenvalue weighted by atomic mass is 10.1. The topological polar surface area (TPSA) is 118 Å². The number of ether oxygens (including phenoxy) is 3. The molecule has 1 unspecified atom stereocenters. The lowest BCUT2D eigenvalue weighted by molar-refractivity contribution is -0.141. The molecule has 1 aliphatic heterocycles. The minimum atomic E-state index is -0.721. The van der Waals surface area contributed by atoms with Crippen LogP contribution in [0.5, 0.6) is 0 Å². The molecule has 2 aromatic rings. The third kappa shape index (κ3) is 10.4. The van der Waals surface area contributed by atoms with Crippen molar-refractivity contribution >= 4 is 17.7 Å². The fourth-order valence-electron chi connectivity index (χ4n) is 6.06. The number of carbonyl (C=O) groups excluding carboxylic acids is 3. The number of likely N-dealkylation sites (tertiary alicyclic amines) is 1. The van der Waals surface area contributed by atoms with Crippen LogP contribution in [0.1, 0.15) is 75.1 Å². The summed E-state index contributed by atoms with van der Waals surface area (Å²) in [7, 11) is 1.69. The highest BCUT2D eigenvalue weighted by Crippen LogP contribution is 2.34. The number of amides is 3. The molecule has 0 saturated carbocycles. The molecule has 1 aliphatic carbocycles. The molecule has 0 radical (unpaired) electrons. The molecule has 10 heteroatoms. The Morgan fingerprint density at radius 3 is 2.37 bits per heavy atom. The van der Waals surface area contributed by atoms with Crippen LogP contribution in [0.15, 0.2) is 54.6 Å².